The molecule has 0 atom stereocenters. The van der Waals surface area contributed by atoms with Crippen molar-refractivity contribution in [3.8, 4) is 11.5 Å². The number of hydrogen-bond donors (Lipinski definition) is 3. The molecule has 1 aromatic rings. The van der Waals surface area contributed by atoms with Gasteiger partial charge in [0.15, 0.2) is 0 Å². The van der Waals surface area contributed by atoms with E-state index in [-0.39, 0.29) is 30.9 Å². The Morgan fingerprint density at radius 3 is 2.68 bits per heavy atom. The number of phenols is 1. The number of fused-ring (bicyclic) bond motifs is 1. The van der Waals surface area contributed by atoms with Crippen molar-refractivity contribution in [1.29, 1.82) is 0 Å². The second kappa shape index (κ2) is 7.58. The fourth-order valence-corrected chi connectivity index (χ4v) is 3.02. The SMILES string of the molecule is COc1c(C)c2c(c(O)c1CC=C(C)COCP(=O)(O)O)C(=O)OC2. The number of carbonyl (C=O) groups excluding carboxylic acids is 1. The first-order valence-corrected chi connectivity index (χ1v) is 9.31. The van der Waals surface area contributed by atoms with E-state index in [0.717, 1.165) is 11.1 Å². The number of allylic oxidation sites excluding steroid dienone is 1. The first kappa shape index (κ1) is 19.5. The number of methoxy groups -OCH3 is 1. The summed E-state index contributed by atoms with van der Waals surface area (Å²) in [5.74, 6) is -0.250. The number of esters is 1. The van der Waals surface area contributed by atoms with Gasteiger partial charge in [-0.15, -0.1) is 0 Å². The van der Waals surface area contributed by atoms with E-state index in [9.17, 15) is 14.5 Å². The highest BCUT2D eigenvalue weighted by Crippen LogP contribution is 2.42. The molecule has 25 heavy (non-hydrogen) atoms. The van der Waals surface area contributed by atoms with Gasteiger partial charge in [-0.1, -0.05) is 11.6 Å². The predicted octanol–water partition coefficient (Wildman–Crippen LogP) is 2.02. The third-order valence-electron chi connectivity index (χ3n) is 3.89. The van der Waals surface area contributed by atoms with Gasteiger partial charge in [0.05, 0.1) is 13.7 Å². The van der Waals surface area contributed by atoms with Gasteiger partial charge in [-0.05, 0) is 25.8 Å². The molecule has 0 aliphatic carbocycles. The van der Waals surface area contributed by atoms with Gasteiger partial charge in [-0.3, -0.25) is 4.57 Å². The third kappa shape index (κ3) is 4.41. The van der Waals surface area contributed by atoms with Gasteiger partial charge >= 0.3 is 13.6 Å². The third-order valence-corrected chi connectivity index (χ3v) is 4.41. The Labute approximate surface area is 145 Å². The summed E-state index contributed by atoms with van der Waals surface area (Å²) in [6.45, 7) is 3.68. The topological polar surface area (TPSA) is 123 Å². The molecule has 1 aliphatic rings. The molecule has 3 N–H and O–H groups in total. The van der Waals surface area contributed by atoms with Crippen LogP contribution in [0.2, 0.25) is 0 Å². The Balaban J connectivity index is 2.23. The number of hydrogen-bond acceptors (Lipinski definition) is 6. The molecule has 0 bridgehead atoms. The molecule has 1 aliphatic heterocycles. The van der Waals surface area contributed by atoms with Crippen LogP contribution in [0.1, 0.15) is 34.0 Å². The highest BCUT2D eigenvalue weighted by molar-refractivity contribution is 7.51. The summed E-state index contributed by atoms with van der Waals surface area (Å²) in [6, 6.07) is 0. The van der Waals surface area contributed by atoms with E-state index in [1.54, 1.807) is 19.9 Å². The van der Waals surface area contributed by atoms with Gasteiger partial charge in [-0.25, -0.2) is 4.79 Å². The highest BCUT2D eigenvalue weighted by atomic mass is 31.2. The van der Waals surface area contributed by atoms with E-state index in [1.807, 2.05) is 0 Å². The fraction of sp³-hybridized carbons (Fsp3) is 0.438. The van der Waals surface area contributed by atoms with Crippen LogP contribution in [0.3, 0.4) is 0 Å². The van der Waals surface area contributed by atoms with E-state index in [1.165, 1.54) is 7.11 Å². The zero-order valence-corrected chi connectivity index (χ0v) is 15.1. The minimum absolute atomic E-state index is 0.0418. The molecule has 8 nitrogen and oxygen atoms in total. The molecule has 0 spiro atoms. The van der Waals surface area contributed by atoms with Crippen LogP contribution in [0.25, 0.3) is 0 Å². The normalized spacial score (nSPS) is 14.4. The summed E-state index contributed by atoms with van der Waals surface area (Å²) in [5, 5.41) is 10.5. The van der Waals surface area contributed by atoms with Crippen molar-refractivity contribution in [2.75, 3.05) is 20.1 Å². The average molecular weight is 372 g/mol. The van der Waals surface area contributed by atoms with Crippen molar-refractivity contribution in [1.82, 2.24) is 0 Å². The zero-order chi connectivity index (χ0) is 18.8. The molecule has 0 saturated heterocycles. The lowest BCUT2D eigenvalue weighted by Crippen LogP contribution is -2.04. The van der Waals surface area contributed by atoms with Crippen LogP contribution in [0, 0.1) is 6.92 Å². The maximum atomic E-state index is 11.8. The van der Waals surface area contributed by atoms with Gasteiger partial charge in [-0.2, -0.15) is 0 Å². The van der Waals surface area contributed by atoms with E-state index < -0.39 is 19.9 Å². The summed E-state index contributed by atoms with van der Waals surface area (Å²) in [6.07, 6.45) is 1.35. The predicted molar refractivity (Wildman–Crippen MR) is 88.8 cm³/mol. The van der Waals surface area contributed by atoms with Crippen molar-refractivity contribution >= 4 is 13.6 Å². The van der Waals surface area contributed by atoms with Gasteiger partial charge in [0, 0.05) is 11.1 Å². The fourth-order valence-electron chi connectivity index (χ4n) is 2.69. The van der Waals surface area contributed by atoms with Crippen LogP contribution >= 0.6 is 7.60 Å². The van der Waals surface area contributed by atoms with E-state index in [4.69, 9.17) is 24.0 Å². The average Bonchev–Trinajstić information content (AvgIpc) is 2.90. The smallest absolute Gasteiger partial charge is 0.350 e. The standard InChI is InChI=1S/C16H21O8P/c1-9(6-23-8-25(19,20)21)4-5-11-14(17)13-12(7-24-16(13)18)10(2)15(11)22-3/h4,17H,5-8H2,1-3H3,(H2,19,20,21). The van der Waals surface area contributed by atoms with Crippen molar-refractivity contribution in [3.05, 3.63) is 33.9 Å². The lowest BCUT2D eigenvalue weighted by molar-refractivity contribution is 0.0533. The van der Waals surface area contributed by atoms with Crippen molar-refractivity contribution < 1.29 is 38.5 Å². The maximum Gasteiger partial charge on any atom is 0.350 e. The molecule has 0 radical (unpaired) electrons. The number of ether oxygens (including phenoxy) is 3. The number of rotatable bonds is 7. The monoisotopic (exact) mass is 372 g/mol. The largest absolute Gasteiger partial charge is 0.507 e. The van der Waals surface area contributed by atoms with Gasteiger partial charge in [0.25, 0.3) is 0 Å². The Morgan fingerprint density at radius 2 is 2.08 bits per heavy atom. The molecule has 1 aromatic carbocycles. The Hall–Kier alpha value is -1.86. The van der Waals surface area contributed by atoms with E-state index in [2.05, 4.69) is 0 Å². The zero-order valence-electron chi connectivity index (χ0n) is 14.2. The second-order valence-corrected chi connectivity index (χ2v) is 7.40. The molecule has 0 aromatic heterocycles. The van der Waals surface area contributed by atoms with Gasteiger partial charge in [0.2, 0.25) is 0 Å². The Morgan fingerprint density at radius 1 is 1.40 bits per heavy atom. The molecule has 0 fully saturated rings. The highest BCUT2D eigenvalue weighted by Gasteiger charge is 2.31. The van der Waals surface area contributed by atoms with E-state index >= 15 is 0 Å². The van der Waals surface area contributed by atoms with Crippen LogP contribution < -0.4 is 4.74 Å². The Bertz CT molecular complexity index is 762. The molecular weight excluding hydrogens is 351 g/mol. The number of phenolic OH excluding ortho intramolecular Hbond substituents is 1. The number of benzene rings is 1. The molecule has 138 valence electrons. The van der Waals surface area contributed by atoms with Crippen LogP contribution in [-0.4, -0.2) is 40.9 Å². The molecular formula is C16H21O8P. The maximum absolute atomic E-state index is 11.8. The van der Waals surface area contributed by atoms with Crippen molar-refractivity contribution in [2.24, 2.45) is 0 Å². The molecule has 0 unspecified atom stereocenters. The minimum Gasteiger partial charge on any atom is -0.507 e. The van der Waals surface area contributed by atoms with E-state index in [0.29, 0.717) is 16.9 Å². The summed E-state index contributed by atoms with van der Waals surface area (Å²) in [5.41, 5.74) is 2.69. The quantitative estimate of drug-likeness (QED) is 0.377. The van der Waals surface area contributed by atoms with Gasteiger partial charge < -0.3 is 29.1 Å². The lowest BCUT2D eigenvalue weighted by Gasteiger charge is -2.15. The first-order valence-electron chi connectivity index (χ1n) is 7.52. The molecule has 0 amide bonds. The van der Waals surface area contributed by atoms with Crippen molar-refractivity contribution in [3.63, 3.8) is 0 Å². The summed E-state index contributed by atoms with van der Waals surface area (Å²) < 4.78 is 26.1. The van der Waals surface area contributed by atoms with Crippen LogP contribution in [-0.2, 0) is 27.1 Å². The van der Waals surface area contributed by atoms with Crippen LogP contribution in [0.4, 0.5) is 0 Å². The number of carbonyl (C=O) groups is 1. The number of cyclic esters (lactones) is 1. The van der Waals surface area contributed by atoms with Crippen LogP contribution in [0.5, 0.6) is 11.5 Å². The van der Waals surface area contributed by atoms with Crippen LogP contribution in [0.15, 0.2) is 11.6 Å². The second-order valence-electron chi connectivity index (χ2n) is 5.81. The summed E-state index contributed by atoms with van der Waals surface area (Å²) in [7, 11) is -2.72. The summed E-state index contributed by atoms with van der Waals surface area (Å²) >= 11 is 0. The molecule has 1 heterocycles. The Kier molecular flexibility index (Phi) is 5.90. The summed E-state index contributed by atoms with van der Waals surface area (Å²) in [4.78, 5) is 29.4. The first-order chi connectivity index (χ1) is 11.7. The molecule has 0 saturated carbocycles. The number of aromatic hydroxyl groups is 1. The van der Waals surface area contributed by atoms with Gasteiger partial charge in [0.1, 0.15) is 30.0 Å². The molecule has 2 rings (SSSR count). The van der Waals surface area contributed by atoms with Crippen molar-refractivity contribution in [2.45, 2.75) is 26.9 Å². The lowest BCUT2D eigenvalue weighted by atomic mass is 9.95. The molecule has 9 heteroatoms. The minimum atomic E-state index is -4.20.